The number of hydrogen-bond donors (Lipinski definition) is 1. The fraction of sp³-hybridized carbons (Fsp3) is 0.467. The molecule has 22 heavy (non-hydrogen) atoms. The first-order valence-electron chi connectivity index (χ1n) is 7.10. The van der Waals surface area contributed by atoms with E-state index in [4.69, 9.17) is 0 Å². The summed E-state index contributed by atoms with van der Waals surface area (Å²) in [5.74, 6) is -3.31. The highest BCUT2D eigenvalue weighted by atomic mass is 19.1. The quantitative estimate of drug-likeness (QED) is 0.841. The molecule has 0 radical (unpaired) electrons. The summed E-state index contributed by atoms with van der Waals surface area (Å²) < 4.78 is 26.3. The molecular formula is C15H19F2N3O2. The van der Waals surface area contributed by atoms with Gasteiger partial charge in [0.15, 0.2) is 0 Å². The van der Waals surface area contributed by atoms with Gasteiger partial charge in [-0.25, -0.2) is 8.78 Å². The molecule has 1 aromatic carbocycles. The predicted octanol–water partition coefficient (Wildman–Crippen LogP) is 1.46. The van der Waals surface area contributed by atoms with Crippen LogP contribution < -0.4 is 5.32 Å². The second kappa shape index (κ2) is 6.83. The Labute approximate surface area is 127 Å². The molecule has 2 amide bonds. The summed E-state index contributed by atoms with van der Waals surface area (Å²) >= 11 is 0. The highest BCUT2D eigenvalue weighted by molar-refractivity contribution is 6.39. The number of carbonyl (C=O) groups is 2. The Morgan fingerprint density at radius 3 is 2.50 bits per heavy atom. The van der Waals surface area contributed by atoms with Crippen molar-refractivity contribution < 1.29 is 18.4 Å². The number of anilines is 1. The third-order valence-corrected chi connectivity index (χ3v) is 3.93. The van der Waals surface area contributed by atoms with E-state index in [9.17, 15) is 18.4 Å². The van der Waals surface area contributed by atoms with Gasteiger partial charge in [-0.15, -0.1) is 0 Å². The molecule has 2 rings (SSSR count). The minimum Gasteiger partial charge on any atom is -0.334 e. The van der Waals surface area contributed by atoms with Gasteiger partial charge in [-0.1, -0.05) is 0 Å². The molecule has 0 aliphatic carbocycles. The van der Waals surface area contributed by atoms with Gasteiger partial charge in [-0.05, 0) is 45.1 Å². The molecule has 0 bridgehead atoms. The Balaban J connectivity index is 1.98. The van der Waals surface area contributed by atoms with Gasteiger partial charge >= 0.3 is 11.8 Å². The number of piperidine rings is 1. The lowest BCUT2D eigenvalue weighted by Crippen LogP contribution is -2.47. The number of benzene rings is 1. The number of nitrogens with one attached hydrogen (secondary N) is 1. The monoisotopic (exact) mass is 311 g/mol. The zero-order chi connectivity index (χ0) is 16.3. The predicted molar refractivity (Wildman–Crippen MR) is 78.3 cm³/mol. The van der Waals surface area contributed by atoms with Crippen molar-refractivity contribution in [1.29, 1.82) is 0 Å². The lowest BCUT2D eigenvalue weighted by Gasteiger charge is -2.34. The van der Waals surface area contributed by atoms with Crippen molar-refractivity contribution in [2.45, 2.75) is 18.9 Å². The zero-order valence-corrected chi connectivity index (χ0v) is 12.6. The molecule has 0 spiro atoms. The standard InChI is InChI=1S/C15H19F2N3O2/c1-19-7-5-11(6-8-19)20(2)15(22)14(21)18-13-4-3-10(16)9-12(13)17/h3-4,9,11H,5-8H2,1-2H3,(H,18,21). The maximum Gasteiger partial charge on any atom is 0.313 e. The van der Waals surface area contributed by atoms with E-state index in [1.807, 2.05) is 7.05 Å². The van der Waals surface area contributed by atoms with E-state index in [0.717, 1.165) is 38.1 Å². The minimum absolute atomic E-state index is 0.00693. The van der Waals surface area contributed by atoms with Crippen LogP contribution in [0, 0.1) is 11.6 Å². The van der Waals surface area contributed by atoms with E-state index in [1.54, 1.807) is 7.05 Å². The van der Waals surface area contributed by atoms with Crippen LogP contribution in [0.15, 0.2) is 18.2 Å². The summed E-state index contributed by atoms with van der Waals surface area (Å²) in [5.41, 5.74) is -0.212. The van der Waals surface area contributed by atoms with Crippen molar-refractivity contribution in [3.05, 3.63) is 29.8 Å². The molecule has 120 valence electrons. The van der Waals surface area contributed by atoms with Gasteiger partial charge in [0.25, 0.3) is 0 Å². The fourth-order valence-corrected chi connectivity index (χ4v) is 2.47. The van der Waals surface area contributed by atoms with Crippen LogP contribution in [-0.4, -0.2) is 54.8 Å². The number of rotatable bonds is 2. The van der Waals surface area contributed by atoms with Gasteiger partial charge in [0, 0.05) is 19.2 Å². The van der Waals surface area contributed by atoms with Crippen LogP contribution in [0.3, 0.4) is 0 Å². The van der Waals surface area contributed by atoms with E-state index < -0.39 is 23.4 Å². The fourth-order valence-electron chi connectivity index (χ4n) is 2.47. The number of hydrogen-bond acceptors (Lipinski definition) is 3. The number of carbonyl (C=O) groups excluding carboxylic acids is 2. The molecule has 1 fully saturated rings. The van der Waals surface area contributed by atoms with Gasteiger partial charge in [0.1, 0.15) is 11.6 Å². The van der Waals surface area contributed by atoms with Gasteiger partial charge in [0.2, 0.25) is 0 Å². The largest absolute Gasteiger partial charge is 0.334 e. The van der Waals surface area contributed by atoms with Crippen LogP contribution in [0.1, 0.15) is 12.8 Å². The van der Waals surface area contributed by atoms with Gasteiger partial charge in [-0.3, -0.25) is 9.59 Å². The smallest absolute Gasteiger partial charge is 0.313 e. The molecule has 1 saturated heterocycles. The average Bonchev–Trinajstić information content (AvgIpc) is 2.49. The van der Waals surface area contributed by atoms with Crippen molar-refractivity contribution in [2.75, 3.05) is 32.5 Å². The van der Waals surface area contributed by atoms with Crippen LogP contribution in [0.2, 0.25) is 0 Å². The minimum atomic E-state index is -0.924. The molecule has 1 heterocycles. The summed E-state index contributed by atoms with van der Waals surface area (Å²) in [6, 6.07) is 2.75. The Hall–Kier alpha value is -2.02. The maximum absolute atomic E-state index is 13.5. The third-order valence-electron chi connectivity index (χ3n) is 3.93. The zero-order valence-electron chi connectivity index (χ0n) is 12.6. The first kappa shape index (κ1) is 16.4. The summed E-state index contributed by atoms with van der Waals surface area (Å²) in [5, 5.41) is 2.18. The molecule has 1 aliphatic heterocycles. The van der Waals surface area contributed by atoms with Crippen LogP contribution in [0.25, 0.3) is 0 Å². The van der Waals surface area contributed by atoms with Crippen LogP contribution >= 0.6 is 0 Å². The van der Waals surface area contributed by atoms with Crippen molar-refractivity contribution in [1.82, 2.24) is 9.80 Å². The van der Waals surface area contributed by atoms with Crippen molar-refractivity contribution in [3.63, 3.8) is 0 Å². The number of nitrogens with zero attached hydrogens (tertiary/aromatic N) is 2. The van der Waals surface area contributed by atoms with Crippen LogP contribution in [-0.2, 0) is 9.59 Å². The molecule has 0 unspecified atom stereocenters. The number of likely N-dealkylation sites (tertiary alicyclic amines) is 1. The molecular weight excluding hydrogens is 292 g/mol. The van der Waals surface area contributed by atoms with Crippen LogP contribution in [0.4, 0.5) is 14.5 Å². The molecule has 5 nitrogen and oxygen atoms in total. The van der Waals surface area contributed by atoms with Crippen molar-refractivity contribution >= 4 is 17.5 Å². The number of amides is 2. The Morgan fingerprint density at radius 1 is 1.27 bits per heavy atom. The first-order chi connectivity index (χ1) is 10.4. The third kappa shape index (κ3) is 3.79. The van der Waals surface area contributed by atoms with Crippen molar-refractivity contribution in [3.8, 4) is 0 Å². The highest BCUT2D eigenvalue weighted by Crippen LogP contribution is 2.17. The van der Waals surface area contributed by atoms with Gasteiger partial charge < -0.3 is 15.1 Å². The molecule has 1 aliphatic rings. The lowest BCUT2D eigenvalue weighted by molar-refractivity contribution is -0.144. The molecule has 1 aromatic rings. The summed E-state index contributed by atoms with van der Waals surface area (Å²) in [7, 11) is 3.57. The molecule has 0 aromatic heterocycles. The van der Waals surface area contributed by atoms with E-state index in [-0.39, 0.29) is 11.7 Å². The highest BCUT2D eigenvalue weighted by Gasteiger charge is 2.28. The second-order valence-corrected chi connectivity index (χ2v) is 5.53. The van der Waals surface area contributed by atoms with Gasteiger partial charge in [-0.2, -0.15) is 0 Å². The molecule has 0 atom stereocenters. The number of likely N-dealkylation sites (N-methyl/N-ethyl adjacent to an activating group) is 1. The normalized spacial score (nSPS) is 16.4. The van der Waals surface area contributed by atoms with Crippen LogP contribution in [0.5, 0.6) is 0 Å². The summed E-state index contributed by atoms with van der Waals surface area (Å²) in [4.78, 5) is 27.6. The van der Waals surface area contributed by atoms with E-state index in [0.29, 0.717) is 6.07 Å². The number of halogens is 2. The first-order valence-corrected chi connectivity index (χ1v) is 7.10. The maximum atomic E-state index is 13.5. The average molecular weight is 311 g/mol. The van der Waals surface area contributed by atoms with Crippen molar-refractivity contribution in [2.24, 2.45) is 0 Å². The second-order valence-electron chi connectivity index (χ2n) is 5.53. The molecule has 0 saturated carbocycles. The lowest BCUT2D eigenvalue weighted by atomic mass is 10.0. The topological polar surface area (TPSA) is 52.7 Å². The Kier molecular flexibility index (Phi) is 5.07. The van der Waals surface area contributed by atoms with E-state index >= 15 is 0 Å². The van der Waals surface area contributed by atoms with E-state index in [1.165, 1.54) is 4.90 Å². The summed E-state index contributed by atoms with van der Waals surface area (Å²) in [6.45, 7) is 1.72. The van der Waals surface area contributed by atoms with E-state index in [2.05, 4.69) is 10.2 Å². The molecule has 7 heteroatoms. The Morgan fingerprint density at radius 2 is 1.91 bits per heavy atom. The Bertz CT molecular complexity index is 572. The summed E-state index contributed by atoms with van der Waals surface area (Å²) in [6.07, 6.45) is 1.58. The SMILES string of the molecule is CN1CCC(N(C)C(=O)C(=O)Nc2ccc(F)cc2F)CC1. The van der Waals surface area contributed by atoms with Gasteiger partial charge in [0.05, 0.1) is 5.69 Å². The molecule has 1 N–H and O–H groups in total.